The molecule has 0 aliphatic rings. The monoisotopic (exact) mass is 413 g/mol. The molecule has 2 aromatic heterocycles. The molecule has 0 bridgehead atoms. The van der Waals surface area contributed by atoms with Crippen LogP contribution in [0.5, 0.6) is 5.75 Å². The van der Waals surface area contributed by atoms with E-state index in [2.05, 4.69) is 10.2 Å². The first-order chi connectivity index (χ1) is 13.2. The minimum absolute atomic E-state index is 0.00456. The standard InChI is InChI=1S/C15H10F3N5O4S/c16-15(17,18)13-20-21-14(28)22(13)19-7-11-5-6-12(27-11)8-26-10-3-1-9(2-4-10)23(24)25/h1-7H,8H2,(H,21,28)/b19-7+. The predicted octanol–water partition coefficient (Wildman–Crippen LogP) is 3.92. The van der Waals surface area contributed by atoms with Gasteiger partial charge in [-0.3, -0.25) is 10.1 Å². The molecule has 9 nitrogen and oxygen atoms in total. The first-order valence-electron chi connectivity index (χ1n) is 7.49. The average molecular weight is 413 g/mol. The maximum atomic E-state index is 12.8. The third-order valence-electron chi connectivity index (χ3n) is 3.32. The van der Waals surface area contributed by atoms with Crippen LogP contribution in [-0.4, -0.2) is 26.0 Å². The number of aromatic amines is 1. The first kappa shape index (κ1) is 19.3. The van der Waals surface area contributed by atoms with E-state index in [0.29, 0.717) is 16.2 Å². The number of rotatable bonds is 6. The molecule has 28 heavy (non-hydrogen) atoms. The van der Waals surface area contributed by atoms with Gasteiger partial charge in [0.2, 0.25) is 4.77 Å². The van der Waals surface area contributed by atoms with Gasteiger partial charge in [0.05, 0.1) is 11.1 Å². The van der Waals surface area contributed by atoms with Crippen molar-refractivity contribution in [3.8, 4) is 5.75 Å². The topological polar surface area (TPSA) is 111 Å². The number of non-ortho nitro benzene ring substituents is 1. The molecule has 0 spiro atoms. The van der Waals surface area contributed by atoms with Gasteiger partial charge in [0.15, 0.2) is 0 Å². The molecule has 2 heterocycles. The molecular weight excluding hydrogens is 403 g/mol. The van der Waals surface area contributed by atoms with E-state index in [4.69, 9.17) is 21.4 Å². The van der Waals surface area contributed by atoms with Crippen molar-refractivity contribution in [2.45, 2.75) is 12.8 Å². The van der Waals surface area contributed by atoms with E-state index in [9.17, 15) is 23.3 Å². The van der Waals surface area contributed by atoms with Gasteiger partial charge in [-0.1, -0.05) is 0 Å². The summed E-state index contributed by atoms with van der Waals surface area (Å²) in [4.78, 5) is 10.1. The normalized spacial score (nSPS) is 11.8. The summed E-state index contributed by atoms with van der Waals surface area (Å²) in [5.41, 5.74) is -0.0695. The molecule has 0 radical (unpaired) electrons. The first-order valence-corrected chi connectivity index (χ1v) is 7.90. The summed E-state index contributed by atoms with van der Waals surface area (Å²) in [6.07, 6.45) is -3.67. The molecule has 3 aromatic rings. The second-order valence-electron chi connectivity index (χ2n) is 5.25. The van der Waals surface area contributed by atoms with E-state index in [0.717, 1.165) is 6.21 Å². The van der Waals surface area contributed by atoms with E-state index < -0.39 is 16.9 Å². The number of nitrogens with one attached hydrogen (secondary N) is 1. The van der Waals surface area contributed by atoms with Gasteiger partial charge in [-0.05, 0) is 36.5 Å². The average Bonchev–Trinajstić information content (AvgIpc) is 3.24. The second kappa shape index (κ2) is 7.64. The van der Waals surface area contributed by atoms with Crippen LogP contribution in [0.15, 0.2) is 45.9 Å². The fourth-order valence-electron chi connectivity index (χ4n) is 2.06. The Morgan fingerprint density at radius 1 is 1.32 bits per heavy atom. The van der Waals surface area contributed by atoms with Crippen molar-refractivity contribution in [3.63, 3.8) is 0 Å². The Balaban J connectivity index is 1.66. The largest absolute Gasteiger partial charge is 0.486 e. The Labute approximate surface area is 159 Å². The van der Waals surface area contributed by atoms with Crippen LogP contribution in [0.3, 0.4) is 0 Å². The van der Waals surface area contributed by atoms with Crippen LogP contribution in [0, 0.1) is 14.9 Å². The Bertz CT molecular complexity index is 1070. The van der Waals surface area contributed by atoms with Crippen LogP contribution in [0.2, 0.25) is 0 Å². The number of hydrogen-bond acceptors (Lipinski definition) is 7. The lowest BCUT2D eigenvalue weighted by Crippen LogP contribution is -2.12. The number of halogens is 3. The van der Waals surface area contributed by atoms with E-state index in [1.807, 2.05) is 5.10 Å². The molecule has 1 aromatic carbocycles. The number of nitro benzene ring substituents is 1. The highest BCUT2D eigenvalue weighted by Gasteiger charge is 2.37. The lowest BCUT2D eigenvalue weighted by Gasteiger charge is -2.04. The van der Waals surface area contributed by atoms with Crippen LogP contribution in [-0.2, 0) is 12.8 Å². The Kier molecular flexibility index (Phi) is 5.26. The molecule has 0 aliphatic carbocycles. The molecule has 1 N–H and O–H groups in total. The highest BCUT2D eigenvalue weighted by atomic mass is 32.1. The third kappa shape index (κ3) is 4.43. The van der Waals surface area contributed by atoms with Crippen molar-refractivity contribution in [2.75, 3.05) is 0 Å². The summed E-state index contributed by atoms with van der Waals surface area (Å²) in [5.74, 6) is -0.371. The minimum Gasteiger partial charge on any atom is -0.486 e. The van der Waals surface area contributed by atoms with Gasteiger partial charge < -0.3 is 9.15 Å². The molecule has 0 fully saturated rings. The van der Waals surface area contributed by atoms with Crippen molar-refractivity contribution in [2.24, 2.45) is 5.10 Å². The number of nitrogens with zero attached hydrogens (tertiary/aromatic N) is 4. The number of aromatic nitrogens is 3. The molecule has 146 valence electrons. The van der Waals surface area contributed by atoms with E-state index in [1.54, 1.807) is 6.07 Å². The summed E-state index contributed by atoms with van der Waals surface area (Å²) in [6.45, 7) is 0.00456. The Morgan fingerprint density at radius 2 is 2.04 bits per heavy atom. The van der Waals surface area contributed by atoms with Gasteiger partial charge in [0.25, 0.3) is 11.5 Å². The van der Waals surface area contributed by atoms with Gasteiger partial charge in [-0.25, -0.2) is 5.10 Å². The summed E-state index contributed by atoms with van der Waals surface area (Å²) in [5, 5.41) is 19.4. The molecule has 0 aliphatic heterocycles. The summed E-state index contributed by atoms with van der Waals surface area (Å²) < 4.78 is 49.4. The minimum atomic E-state index is -4.72. The van der Waals surface area contributed by atoms with Crippen LogP contribution < -0.4 is 4.74 Å². The van der Waals surface area contributed by atoms with E-state index >= 15 is 0 Å². The highest BCUT2D eigenvalue weighted by molar-refractivity contribution is 7.71. The van der Waals surface area contributed by atoms with Crippen LogP contribution in [0.25, 0.3) is 0 Å². The Morgan fingerprint density at radius 3 is 2.68 bits per heavy atom. The quantitative estimate of drug-likeness (QED) is 0.284. The fraction of sp³-hybridized carbons (Fsp3) is 0.133. The summed E-state index contributed by atoms with van der Waals surface area (Å²) in [6, 6.07) is 8.48. The van der Waals surface area contributed by atoms with Crippen LogP contribution in [0.1, 0.15) is 17.3 Å². The number of benzene rings is 1. The summed E-state index contributed by atoms with van der Waals surface area (Å²) in [7, 11) is 0. The number of ether oxygens (including phenoxy) is 1. The van der Waals surface area contributed by atoms with Crippen molar-refractivity contribution in [1.82, 2.24) is 14.9 Å². The second-order valence-corrected chi connectivity index (χ2v) is 5.64. The van der Waals surface area contributed by atoms with Gasteiger partial charge >= 0.3 is 6.18 Å². The molecule has 13 heteroatoms. The van der Waals surface area contributed by atoms with Gasteiger partial charge in [-0.15, -0.1) is 5.10 Å². The molecule has 3 rings (SSSR count). The molecular formula is C15H10F3N5O4S. The zero-order valence-corrected chi connectivity index (χ0v) is 14.5. The molecule has 0 amide bonds. The van der Waals surface area contributed by atoms with Crippen molar-refractivity contribution in [1.29, 1.82) is 0 Å². The number of nitro groups is 1. The predicted molar refractivity (Wildman–Crippen MR) is 91.5 cm³/mol. The fourth-order valence-corrected chi connectivity index (χ4v) is 2.24. The molecule has 0 saturated carbocycles. The maximum absolute atomic E-state index is 12.8. The Hall–Kier alpha value is -3.48. The molecule has 0 saturated heterocycles. The lowest BCUT2D eigenvalue weighted by atomic mass is 10.3. The highest BCUT2D eigenvalue weighted by Crippen LogP contribution is 2.27. The summed E-state index contributed by atoms with van der Waals surface area (Å²) >= 11 is 4.72. The van der Waals surface area contributed by atoms with Crippen LogP contribution >= 0.6 is 12.2 Å². The lowest BCUT2D eigenvalue weighted by molar-refractivity contribution is -0.384. The van der Waals surface area contributed by atoms with E-state index in [-0.39, 0.29) is 22.8 Å². The number of furan rings is 1. The number of alkyl halides is 3. The van der Waals surface area contributed by atoms with Crippen molar-refractivity contribution in [3.05, 3.63) is 68.6 Å². The zero-order valence-electron chi connectivity index (χ0n) is 13.7. The number of H-pyrrole nitrogens is 1. The van der Waals surface area contributed by atoms with Gasteiger partial charge in [-0.2, -0.15) is 22.9 Å². The SMILES string of the molecule is O=[N+]([O-])c1ccc(OCc2ccc(/C=N/n3c(C(F)(F)F)n[nH]c3=S)o2)cc1. The van der Waals surface area contributed by atoms with Crippen molar-refractivity contribution < 1.29 is 27.2 Å². The smallest absolute Gasteiger partial charge is 0.453 e. The van der Waals surface area contributed by atoms with Gasteiger partial charge in [0, 0.05) is 12.1 Å². The van der Waals surface area contributed by atoms with Crippen LogP contribution in [0.4, 0.5) is 18.9 Å². The maximum Gasteiger partial charge on any atom is 0.453 e. The zero-order chi connectivity index (χ0) is 20.3. The van der Waals surface area contributed by atoms with Crippen molar-refractivity contribution >= 4 is 24.1 Å². The van der Waals surface area contributed by atoms with E-state index in [1.165, 1.54) is 30.3 Å². The third-order valence-corrected chi connectivity index (χ3v) is 3.58. The molecule has 0 atom stereocenters. The molecule has 0 unspecified atom stereocenters. The van der Waals surface area contributed by atoms with Gasteiger partial charge in [0.1, 0.15) is 23.9 Å². The number of hydrogen-bond donors (Lipinski definition) is 1.